The Morgan fingerprint density at radius 3 is 2.71 bits per heavy atom. The summed E-state index contributed by atoms with van der Waals surface area (Å²) < 4.78 is 0. The van der Waals surface area contributed by atoms with Gasteiger partial charge in [-0.15, -0.1) is 0 Å². The predicted octanol–water partition coefficient (Wildman–Crippen LogP) is 1.18. The van der Waals surface area contributed by atoms with Crippen LogP contribution in [0.1, 0.15) is 16.7 Å². The molecular weight excluding hydrogens is 212 g/mol. The van der Waals surface area contributed by atoms with Gasteiger partial charge in [0.1, 0.15) is 0 Å². The highest BCUT2D eigenvalue weighted by molar-refractivity contribution is 5.79. The molecule has 2 rings (SSSR count). The Balaban J connectivity index is 1.77. The van der Waals surface area contributed by atoms with E-state index in [1.54, 1.807) is 0 Å². The van der Waals surface area contributed by atoms with Crippen LogP contribution in [0.3, 0.4) is 0 Å². The molecule has 0 aliphatic carbocycles. The summed E-state index contributed by atoms with van der Waals surface area (Å²) in [6.45, 7) is 6.63. The minimum Gasteiger partial charge on any atom is -0.355 e. The van der Waals surface area contributed by atoms with Crippen LogP contribution in [0.5, 0.6) is 0 Å². The monoisotopic (exact) mass is 232 g/mol. The van der Waals surface area contributed by atoms with Crippen molar-refractivity contribution in [2.45, 2.75) is 20.3 Å². The largest absolute Gasteiger partial charge is 0.355 e. The van der Waals surface area contributed by atoms with Gasteiger partial charge in [-0.25, -0.2) is 0 Å². The van der Waals surface area contributed by atoms with Crippen LogP contribution >= 0.6 is 0 Å². The molecule has 3 nitrogen and oxygen atoms in total. The first kappa shape index (κ1) is 12.1. The lowest BCUT2D eigenvalue weighted by Crippen LogP contribution is -2.51. The second-order valence-electron chi connectivity index (χ2n) is 4.81. The fourth-order valence-corrected chi connectivity index (χ4v) is 1.91. The number of aryl methyl sites for hydroxylation is 2. The van der Waals surface area contributed by atoms with Gasteiger partial charge in [-0.2, -0.15) is 0 Å². The topological polar surface area (TPSA) is 41.1 Å². The summed E-state index contributed by atoms with van der Waals surface area (Å²) in [4.78, 5) is 11.6. The quantitative estimate of drug-likeness (QED) is 0.818. The molecule has 2 N–H and O–H groups in total. The normalized spacial score (nSPS) is 15.4. The number of benzene rings is 1. The summed E-state index contributed by atoms with van der Waals surface area (Å²) in [5.74, 6) is 0.377. The molecule has 0 saturated carbocycles. The predicted molar refractivity (Wildman–Crippen MR) is 69.0 cm³/mol. The van der Waals surface area contributed by atoms with E-state index in [4.69, 9.17) is 0 Å². The van der Waals surface area contributed by atoms with Gasteiger partial charge in [0.05, 0.1) is 5.92 Å². The lowest BCUT2D eigenvalue weighted by Gasteiger charge is -2.25. The zero-order valence-electron chi connectivity index (χ0n) is 10.5. The molecule has 0 aromatic heterocycles. The van der Waals surface area contributed by atoms with Gasteiger partial charge in [0.15, 0.2) is 0 Å². The average molecular weight is 232 g/mol. The second kappa shape index (κ2) is 5.32. The Kier molecular flexibility index (Phi) is 3.79. The van der Waals surface area contributed by atoms with Crippen molar-refractivity contribution < 1.29 is 4.79 Å². The molecule has 0 unspecified atom stereocenters. The van der Waals surface area contributed by atoms with Crippen LogP contribution in [-0.4, -0.2) is 25.5 Å². The molecule has 1 fully saturated rings. The third kappa shape index (κ3) is 3.07. The van der Waals surface area contributed by atoms with Crippen molar-refractivity contribution in [3.05, 3.63) is 34.9 Å². The first-order valence-corrected chi connectivity index (χ1v) is 6.21. The fraction of sp³-hybridized carbons (Fsp3) is 0.500. The smallest absolute Gasteiger partial charge is 0.225 e. The van der Waals surface area contributed by atoms with Gasteiger partial charge in [0, 0.05) is 19.6 Å². The second-order valence-corrected chi connectivity index (χ2v) is 4.81. The van der Waals surface area contributed by atoms with E-state index in [1.165, 1.54) is 16.7 Å². The highest BCUT2D eigenvalue weighted by Gasteiger charge is 2.23. The molecule has 92 valence electrons. The molecule has 1 amide bonds. The fourth-order valence-electron chi connectivity index (χ4n) is 1.91. The average Bonchev–Trinajstić information content (AvgIpc) is 2.21. The van der Waals surface area contributed by atoms with Crippen molar-refractivity contribution in [1.29, 1.82) is 0 Å². The summed E-state index contributed by atoms with van der Waals surface area (Å²) in [5.41, 5.74) is 3.93. The third-order valence-corrected chi connectivity index (χ3v) is 3.44. The molecule has 1 aromatic rings. The number of carbonyl (C=O) groups is 1. The highest BCUT2D eigenvalue weighted by Crippen LogP contribution is 2.10. The molecule has 17 heavy (non-hydrogen) atoms. The van der Waals surface area contributed by atoms with Gasteiger partial charge >= 0.3 is 0 Å². The summed E-state index contributed by atoms with van der Waals surface area (Å²) in [7, 11) is 0. The number of nitrogens with one attached hydrogen (secondary N) is 2. The van der Waals surface area contributed by atoms with Crippen LogP contribution in [0.2, 0.25) is 0 Å². The van der Waals surface area contributed by atoms with Crippen LogP contribution in [0.4, 0.5) is 0 Å². The van der Waals surface area contributed by atoms with E-state index in [1.807, 2.05) is 0 Å². The molecule has 3 heteroatoms. The number of hydrogen-bond donors (Lipinski definition) is 2. The molecule has 0 radical (unpaired) electrons. The van der Waals surface area contributed by atoms with Crippen molar-refractivity contribution in [1.82, 2.24) is 10.6 Å². The first-order chi connectivity index (χ1) is 8.16. The number of amides is 1. The molecule has 0 spiro atoms. The van der Waals surface area contributed by atoms with Crippen LogP contribution in [0.15, 0.2) is 18.2 Å². The highest BCUT2D eigenvalue weighted by atomic mass is 16.2. The molecule has 1 aliphatic rings. The van der Waals surface area contributed by atoms with E-state index in [0.717, 1.165) is 26.1 Å². The Labute approximate surface area is 103 Å². The first-order valence-electron chi connectivity index (χ1n) is 6.21. The maximum absolute atomic E-state index is 11.6. The van der Waals surface area contributed by atoms with Gasteiger partial charge in [0.2, 0.25) is 5.91 Å². The minimum atomic E-state index is 0.188. The van der Waals surface area contributed by atoms with Crippen LogP contribution in [-0.2, 0) is 11.2 Å². The Hall–Kier alpha value is -1.35. The summed E-state index contributed by atoms with van der Waals surface area (Å²) in [5, 5.41) is 6.09. The maximum atomic E-state index is 11.6. The zero-order chi connectivity index (χ0) is 12.3. The van der Waals surface area contributed by atoms with E-state index in [0.29, 0.717) is 0 Å². The van der Waals surface area contributed by atoms with Crippen molar-refractivity contribution in [3.63, 3.8) is 0 Å². The molecule has 0 bridgehead atoms. The number of carbonyl (C=O) groups excluding carboxylic acids is 1. The standard InChI is InChI=1S/C14H20N2O/c1-10-3-4-12(7-11(10)2)5-6-16-14(17)13-8-15-9-13/h3-4,7,13,15H,5-6,8-9H2,1-2H3,(H,16,17). The summed E-state index contributed by atoms with van der Waals surface area (Å²) >= 11 is 0. The van der Waals surface area contributed by atoms with Crippen LogP contribution in [0.25, 0.3) is 0 Å². The summed E-state index contributed by atoms with van der Waals surface area (Å²) in [6.07, 6.45) is 0.910. The number of rotatable bonds is 4. The molecule has 1 saturated heterocycles. The van der Waals surface area contributed by atoms with Crippen LogP contribution < -0.4 is 10.6 Å². The van der Waals surface area contributed by atoms with Gasteiger partial charge in [-0.05, 0) is 37.0 Å². The molecule has 1 aromatic carbocycles. The van der Waals surface area contributed by atoms with Gasteiger partial charge in [0.25, 0.3) is 0 Å². The van der Waals surface area contributed by atoms with Crippen molar-refractivity contribution in [3.8, 4) is 0 Å². The van der Waals surface area contributed by atoms with Crippen LogP contribution in [0, 0.1) is 19.8 Å². The Morgan fingerprint density at radius 1 is 1.35 bits per heavy atom. The van der Waals surface area contributed by atoms with E-state index in [2.05, 4.69) is 42.7 Å². The van der Waals surface area contributed by atoms with E-state index in [9.17, 15) is 4.79 Å². The van der Waals surface area contributed by atoms with E-state index in [-0.39, 0.29) is 11.8 Å². The zero-order valence-corrected chi connectivity index (χ0v) is 10.5. The van der Waals surface area contributed by atoms with Crippen molar-refractivity contribution in [2.75, 3.05) is 19.6 Å². The lowest BCUT2D eigenvalue weighted by molar-refractivity contribution is -0.126. The third-order valence-electron chi connectivity index (χ3n) is 3.44. The van der Waals surface area contributed by atoms with E-state index < -0.39 is 0 Å². The molecule has 1 aliphatic heterocycles. The Morgan fingerprint density at radius 2 is 2.12 bits per heavy atom. The van der Waals surface area contributed by atoms with Gasteiger partial charge in [-0.1, -0.05) is 18.2 Å². The lowest BCUT2D eigenvalue weighted by atomic mass is 10.0. The van der Waals surface area contributed by atoms with E-state index >= 15 is 0 Å². The van der Waals surface area contributed by atoms with Gasteiger partial charge in [-0.3, -0.25) is 4.79 Å². The SMILES string of the molecule is Cc1ccc(CCNC(=O)C2CNC2)cc1C. The molecule has 1 heterocycles. The summed E-state index contributed by atoms with van der Waals surface area (Å²) in [6, 6.07) is 6.48. The van der Waals surface area contributed by atoms with Gasteiger partial charge < -0.3 is 10.6 Å². The molecule has 0 atom stereocenters. The minimum absolute atomic E-state index is 0.188. The molecular formula is C14H20N2O. The van der Waals surface area contributed by atoms with Crippen molar-refractivity contribution >= 4 is 5.91 Å². The van der Waals surface area contributed by atoms with Crippen molar-refractivity contribution in [2.24, 2.45) is 5.92 Å². The number of hydrogen-bond acceptors (Lipinski definition) is 2. The Bertz CT molecular complexity index is 411. The maximum Gasteiger partial charge on any atom is 0.225 e.